The summed E-state index contributed by atoms with van der Waals surface area (Å²) in [5.74, 6) is 0.631. The number of hydrogen-bond donors (Lipinski definition) is 2. The molecule has 2 rings (SSSR count). The zero-order valence-electron chi connectivity index (χ0n) is 11.4. The molecule has 2 fully saturated rings. The highest BCUT2D eigenvalue weighted by molar-refractivity contribution is 5.85. The van der Waals surface area contributed by atoms with Gasteiger partial charge in [-0.15, -0.1) is 12.4 Å². The Labute approximate surface area is 117 Å². The number of hydrogen-bond acceptors (Lipinski definition) is 2. The van der Waals surface area contributed by atoms with E-state index in [2.05, 4.69) is 12.2 Å². The first-order chi connectivity index (χ1) is 8.09. The molecule has 0 saturated heterocycles. The van der Waals surface area contributed by atoms with Crippen molar-refractivity contribution < 1.29 is 4.79 Å². The molecule has 106 valence electrons. The van der Waals surface area contributed by atoms with Crippen LogP contribution in [0.4, 0.5) is 0 Å². The van der Waals surface area contributed by atoms with Crippen LogP contribution < -0.4 is 11.1 Å². The molecule has 0 heterocycles. The first kappa shape index (κ1) is 15.8. The molecule has 2 saturated carbocycles. The van der Waals surface area contributed by atoms with E-state index >= 15 is 0 Å². The third-order valence-electron chi connectivity index (χ3n) is 4.69. The lowest BCUT2D eigenvalue weighted by Crippen LogP contribution is -2.36. The van der Waals surface area contributed by atoms with Crippen LogP contribution in [0, 0.1) is 11.3 Å². The van der Waals surface area contributed by atoms with Crippen molar-refractivity contribution >= 4 is 18.3 Å². The standard InChI is InChI=1S/C14H26N2O.ClH/c1-14(7-2-3-8-14)10-16-13(17)9-11-5-4-6-12(11)15;/h11-12H,2-10,15H2,1H3,(H,16,17);1H/t11-,12+;/m0./s1. The average Bonchev–Trinajstić information content (AvgIpc) is 2.87. The molecule has 0 bridgehead atoms. The minimum Gasteiger partial charge on any atom is -0.356 e. The van der Waals surface area contributed by atoms with Crippen molar-refractivity contribution in [3.05, 3.63) is 0 Å². The van der Waals surface area contributed by atoms with Gasteiger partial charge < -0.3 is 11.1 Å². The Bertz CT molecular complexity index is 277. The highest BCUT2D eigenvalue weighted by atomic mass is 35.5. The van der Waals surface area contributed by atoms with Gasteiger partial charge in [-0.1, -0.05) is 26.2 Å². The van der Waals surface area contributed by atoms with Crippen molar-refractivity contribution in [2.45, 2.75) is 64.3 Å². The quantitative estimate of drug-likeness (QED) is 0.828. The van der Waals surface area contributed by atoms with E-state index in [-0.39, 0.29) is 24.4 Å². The van der Waals surface area contributed by atoms with Crippen LogP contribution in [0.5, 0.6) is 0 Å². The van der Waals surface area contributed by atoms with E-state index in [0.717, 1.165) is 19.4 Å². The number of nitrogens with two attached hydrogens (primary N) is 1. The molecule has 0 aromatic carbocycles. The molecule has 0 unspecified atom stereocenters. The number of rotatable bonds is 4. The Hall–Kier alpha value is -0.280. The molecule has 0 spiro atoms. The van der Waals surface area contributed by atoms with Crippen LogP contribution in [0.25, 0.3) is 0 Å². The summed E-state index contributed by atoms with van der Waals surface area (Å²) < 4.78 is 0. The summed E-state index contributed by atoms with van der Waals surface area (Å²) in [4.78, 5) is 11.9. The largest absolute Gasteiger partial charge is 0.356 e. The van der Waals surface area contributed by atoms with E-state index in [1.54, 1.807) is 0 Å². The third-order valence-corrected chi connectivity index (χ3v) is 4.69. The molecule has 1 amide bonds. The van der Waals surface area contributed by atoms with Gasteiger partial charge in [0.2, 0.25) is 5.91 Å². The summed E-state index contributed by atoms with van der Waals surface area (Å²) in [6.45, 7) is 3.15. The molecular formula is C14H27ClN2O. The van der Waals surface area contributed by atoms with Crippen molar-refractivity contribution in [2.24, 2.45) is 17.1 Å². The molecule has 2 aliphatic rings. The molecule has 4 heteroatoms. The lowest BCUT2D eigenvalue weighted by molar-refractivity contribution is -0.122. The van der Waals surface area contributed by atoms with Crippen LogP contribution in [0.3, 0.4) is 0 Å². The molecule has 18 heavy (non-hydrogen) atoms. The van der Waals surface area contributed by atoms with Crippen molar-refractivity contribution in [3.63, 3.8) is 0 Å². The maximum atomic E-state index is 11.9. The van der Waals surface area contributed by atoms with E-state index in [0.29, 0.717) is 17.8 Å². The van der Waals surface area contributed by atoms with Gasteiger partial charge in [-0.2, -0.15) is 0 Å². The fraction of sp³-hybridized carbons (Fsp3) is 0.929. The number of nitrogens with one attached hydrogen (secondary N) is 1. The summed E-state index contributed by atoms with van der Waals surface area (Å²) in [7, 11) is 0. The lowest BCUT2D eigenvalue weighted by Gasteiger charge is -2.24. The van der Waals surface area contributed by atoms with Gasteiger partial charge in [0.15, 0.2) is 0 Å². The summed E-state index contributed by atoms with van der Waals surface area (Å²) >= 11 is 0. The van der Waals surface area contributed by atoms with Crippen molar-refractivity contribution in [1.82, 2.24) is 5.32 Å². The minimum atomic E-state index is 0. The van der Waals surface area contributed by atoms with Gasteiger partial charge in [-0.25, -0.2) is 0 Å². The summed E-state index contributed by atoms with van der Waals surface area (Å²) in [5, 5.41) is 3.12. The molecule has 3 nitrogen and oxygen atoms in total. The van der Waals surface area contributed by atoms with Crippen molar-refractivity contribution in [1.29, 1.82) is 0 Å². The molecule has 0 aliphatic heterocycles. The number of carbonyl (C=O) groups is 1. The van der Waals surface area contributed by atoms with Gasteiger partial charge in [0.05, 0.1) is 0 Å². The Morgan fingerprint density at radius 2 is 1.94 bits per heavy atom. The molecule has 2 aliphatic carbocycles. The van der Waals surface area contributed by atoms with Crippen molar-refractivity contribution in [2.75, 3.05) is 6.54 Å². The molecule has 0 aromatic rings. The molecule has 0 aromatic heterocycles. The lowest BCUT2D eigenvalue weighted by atomic mass is 9.89. The second kappa shape index (κ2) is 6.76. The van der Waals surface area contributed by atoms with E-state index < -0.39 is 0 Å². The van der Waals surface area contributed by atoms with Gasteiger partial charge in [-0.05, 0) is 37.0 Å². The van der Waals surface area contributed by atoms with E-state index in [1.165, 1.54) is 32.1 Å². The Morgan fingerprint density at radius 1 is 1.28 bits per heavy atom. The maximum Gasteiger partial charge on any atom is 0.220 e. The van der Waals surface area contributed by atoms with Gasteiger partial charge in [0, 0.05) is 19.0 Å². The van der Waals surface area contributed by atoms with Gasteiger partial charge in [0.1, 0.15) is 0 Å². The first-order valence-corrected chi connectivity index (χ1v) is 7.11. The molecule has 3 N–H and O–H groups in total. The normalized spacial score (nSPS) is 29.9. The second-order valence-electron chi connectivity index (χ2n) is 6.35. The third kappa shape index (κ3) is 4.13. The molecule has 0 radical (unpaired) electrons. The highest BCUT2D eigenvalue weighted by Gasteiger charge is 2.30. The summed E-state index contributed by atoms with van der Waals surface area (Å²) in [6.07, 6.45) is 9.21. The van der Waals surface area contributed by atoms with Crippen LogP contribution in [0.2, 0.25) is 0 Å². The predicted octanol–water partition coefficient (Wildman–Crippen LogP) is 2.62. The van der Waals surface area contributed by atoms with Crippen LogP contribution >= 0.6 is 12.4 Å². The molecular weight excluding hydrogens is 248 g/mol. The van der Waals surface area contributed by atoms with Gasteiger partial charge in [-0.3, -0.25) is 4.79 Å². The smallest absolute Gasteiger partial charge is 0.220 e. The average molecular weight is 275 g/mol. The predicted molar refractivity (Wildman–Crippen MR) is 76.8 cm³/mol. The number of carbonyl (C=O) groups excluding carboxylic acids is 1. The van der Waals surface area contributed by atoms with Crippen LogP contribution in [-0.4, -0.2) is 18.5 Å². The highest BCUT2D eigenvalue weighted by Crippen LogP contribution is 2.36. The fourth-order valence-corrected chi connectivity index (χ4v) is 3.35. The first-order valence-electron chi connectivity index (χ1n) is 7.11. The zero-order valence-corrected chi connectivity index (χ0v) is 12.2. The van der Waals surface area contributed by atoms with Gasteiger partial charge >= 0.3 is 0 Å². The SMILES string of the molecule is CC1(CNC(=O)C[C@@H]2CCC[C@H]2N)CCCC1.Cl. The minimum absolute atomic E-state index is 0. The Morgan fingerprint density at radius 3 is 2.50 bits per heavy atom. The van der Waals surface area contributed by atoms with E-state index in [9.17, 15) is 4.79 Å². The second-order valence-corrected chi connectivity index (χ2v) is 6.35. The monoisotopic (exact) mass is 274 g/mol. The fourth-order valence-electron chi connectivity index (χ4n) is 3.35. The summed E-state index contributed by atoms with van der Waals surface area (Å²) in [5.41, 5.74) is 6.35. The number of amides is 1. The van der Waals surface area contributed by atoms with E-state index in [4.69, 9.17) is 5.73 Å². The van der Waals surface area contributed by atoms with Gasteiger partial charge in [0.25, 0.3) is 0 Å². The van der Waals surface area contributed by atoms with Crippen LogP contribution in [0.1, 0.15) is 58.3 Å². The summed E-state index contributed by atoms with van der Waals surface area (Å²) in [6, 6.07) is 0.253. The maximum absolute atomic E-state index is 11.9. The zero-order chi connectivity index (χ0) is 12.3. The number of halogens is 1. The molecule has 2 atom stereocenters. The Kier molecular flexibility index (Phi) is 5.93. The topological polar surface area (TPSA) is 55.1 Å². The van der Waals surface area contributed by atoms with E-state index in [1.807, 2.05) is 0 Å². The Balaban J connectivity index is 0.00000162. The van der Waals surface area contributed by atoms with Crippen LogP contribution in [-0.2, 0) is 4.79 Å². The van der Waals surface area contributed by atoms with Crippen LogP contribution in [0.15, 0.2) is 0 Å². The van der Waals surface area contributed by atoms with Crippen molar-refractivity contribution in [3.8, 4) is 0 Å².